The van der Waals surface area contributed by atoms with Crippen LogP contribution in [0.1, 0.15) is 18.9 Å². The summed E-state index contributed by atoms with van der Waals surface area (Å²) in [6.07, 6.45) is 1.23. The summed E-state index contributed by atoms with van der Waals surface area (Å²) in [6, 6.07) is 3.41. The van der Waals surface area contributed by atoms with Crippen LogP contribution >= 0.6 is 0 Å². The molecule has 1 aliphatic rings. The zero-order valence-corrected chi connectivity index (χ0v) is 10.9. The van der Waals surface area contributed by atoms with E-state index in [1.165, 1.54) is 12.1 Å². The molecule has 19 heavy (non-hydrogen) atoms. The fourth-order valence-corrected chi connectivity index (χ4v) is 2.30. The topological polar surface area (TPSA) is 41.1 Å². The molecule has 1 saturated heterocycles. The molecule has 1 unspecified atom stereocenters. The van der Waals surface area contributed by atoms with Crippen LogP contribution in [0.5, 0.6) is 0 Å². The highest BCUT2D eigenvalue weighted by Gasteiger charge is 2.35. The summed E-state index contributed by atoms with van der Waals surface area (Å²) in [5.74, 6) is -1.18. The maximum atomic E-state index is 13.0. The smallest absolute Gasteiger partial charge is 0.227 e. The molecule has 1 atom stereocenters. The molecule has 0 spiro atoms. The lowest BCUT2D eigenvalue weighted by atomic mass is 9.89. The first kappa shape index (κ1) is 13.9. The van der Waals surface area contributed by atoms with Gasteiger partial charge in [0, 0.05) is 19.2 Å². The SMILES string of the molecule is CC1(C(=O)NCCc2cc(F)cc(F)c2)CCNC1. The van der Waals surface area contributed by atoms with E-state index < -0.39 is 11.6 Å². The van der Waals surface area contributed by atoms with Crippen LogP contribution in [0.25, 0.3) is 0 Å². The number of rotatable bonds is 4. The van der Waals surface area contributed by atoms with Crippen molar-refractivity contribution in [1.29, 1.82) is 0 Å². The molecule has 1 amide bonds. The van der Waals surface area contributed by atoms with Crippen molar-refractivity contribution in [1.82, 2.24) is 10.6 Å². The van der Waals surface area contributed by atoms with Crippen molar-refractivity contribution >= 4 is 5.91 Å². The predicted molar refractivity (Wildman–Crippen MR) is 68.7 cm³/mol. The molecule has 0 aromatic heterocycles. The van der Waals surface area contributed by atoms with Gasteiger partial charge in [-0.25, -0.2) is 8.78 Å². The largest absolute Gasteiger partial charge is 0.355 e. The van der Waals surface area contributed by atoms with E-state index in [0.717, 1.165) is 19.0 Å². The molecule has 5 heteroatoms. The molecule has 0 aliphatic carbocycles. The molecule has 1 aromatic rings. The first-order chi connectivity index (χ1) is 8.99. The van der Waals surface area contributed by atoms with Crippen LogP contribution in [0.15, 0.2) is 18.2 Å². The van der Waals surface area contributed by atoms with E-state index in [2.05, 4.69) is 10.6 Å². The Morgan fingerprint density at radius 1 is 1.37 bits per heavy atom. The van der Waals surface area contributed by atoms with Crippen molar-refractivity contribution in [3.8, 4) is 0 Å². The minimum absolute atomic E-state index is 0.00521. The molecule has 1 aliphatic heterocycles. The summed E-state index contributed by atoms with van der Waals surface area (Å²) in [7, 11) is 0. The van der Waals surface area contributed by atoms with Crippen molar-refractivity contribution in [2.75, 3.05) is 19.6 Å². The second-order valence-electron chi connectivity index (χ2n) is 5.27. The van der Waals surface area contributed by atoms with Gasteiger partial charge in [-0.2, -0.15) is 0 Å². The number of carbonyl (C=O) groups is 1. The quantitative estimate of drug-likeness (QED) is 0.871. The minimum atomic E-state index is -0.590. The van der Waals surface area contributed by atoms with E-state index in [0.29, 0.717) is 25.1 Å². The van der Waals surface area contributed by atoms with Crippen molar-refractivity contribution in [2.24, 2.45) is 5.41 Å². The Balaban J connectivity index is 1.84. The van der Waals surface area contributed by atoms with Gasteiger partial charge in [0.2, 0.25) is 5.91 Å². The molecular formula is C14H18F2N2O. The number of benzene rings is 1. The predicted octanol–water partition coefficient (Wildman–Crippen LogP) is 1.62. The van der Waals surface area contributed by atoms with E-state index in [1.54, 1.807) is 0 Å². The maximum Gasteiger partial charge on any atom is 0.227 e. The summed E-state index contributed by atoms with van der Waals surface area (Å²) in [5.41, 5.74) is 0.181. The summed E-state index contributed by atoms with van der Waals surface area (Å²) in [5, 5.41) is 5.99. The third kappa shape index (κ3) is 3.50. The molecule has 104 valence electrons. The first-order valence-electron chi connectivity index (χ1n) is 6.44. The number of hydrogen-bond donors (Lipinski definition) is 2. The van der Waals surface area contributed by atoms with Gasteiger partial charge in [0.05, 0.1) is 5.41 Å². The lowest BCUT2D eigenvalue weighted by molar-refractivity contribution is -0.129. The summed E-state index contributed by atoms with van der Waals surface area (Å²) >= 11 is 0. The average molecular weight is 268 g/mol. The Kier molecular flexibility index (Phi) is 4.14. The highest BCUT2D eigenvalue weighted by atomic mass is 19.1. The Morgan fingerprint density at radius 2 is 2.05 bits per heavy atom. The van der Waals surface area contributed by atoms with Crippen LogP contribution in [0.4, 0.5) is 8.78 Å². The molecule has 1 fully saturated rings. The van der Waals surface area contributed by atoms with Gasteiger partial charge in [-0.05, 0) is 44.0 Å². The first-order valence-corrected chi connectivity index (χ1v) is 6.44. The average Bonchev–Trinajstić information content (AvgIpc) is 2.76. The normalized spacial score (nSPS) is 22.5. The number of halogens is 2. The highest BCUT2D eigenvalue weighted by molar-refractivity contribution is 5.82. The van der Waals surface area contributed by atoms with Gasteiger partial charge >= 0.3 is 0 Å². The van der Waals surface area contributed by atoms with Crippen molar-refractivity contribution in [3.63, 3.8) is 0 Å². The molecule has 1 aromatic carbocycles. The molecule has 1 heterocycles. The van der Waals surface area contributed by atoms with E-state index in [9.17, 15) is 13.6 Å². The molecular weight excluding hydrogens is 250 g/mol. The molecule has 2 rings (SSSR count). The summed E-state index contributed by atoms with van der Waals surface area (Å²) in [4.78, 5) is 12.0. The van der Waals surface area contributed by atoms with Crippen LogP contribution in [0.2, 0.25) is 0 Å². The number of hydrogen-bond acceptors (Lipinski definition) is 2. The van der Waals surface area contributed by atoms with Gasteiger partial charge in [0.15, 0.2) is 0 Å². The Labute approximate surface area is 111 Å². The summed E-state index contributed by atoms with van der Waals surface area (Å²) in [6.45, 7) is 3.83. The van der Waals surface area contributed by atoms with E-state index in [-0.39, 0.29) is 11.3 Å². The second-order valence-corrected chi connectivity index (χ2v) is 5.27. The lowest BCUT2D eigenvalue weighted by Crippen LogP contribution is -2.41. The van der Waals surface area contributed by atoms with Crippen LogP contribution in [-0.2, 0) is 11.2 Å². The van der Waals surface area contributed by atoms with Gasteiger partial charge in [0.1, 0.15) is 11.6 Å². The highest BCUT2D eigenvalue weighted by Crippen LogP contribution is 2.24. The van der Waals surface area contributed by atoms with Gasteiger partial charge in [-0.3, -0.25) is 4.79 Å². The maximum absolute atomic E-state index is 13.0. The number of amides is 1. The molecule has 0 radical (unpaired) electrons. The number of carbonyl (C=O) groups excluding carboxylic acids is 1. The Hall–Kier alpha value is -1.49. The van der Waals surface area contributed by atoms with Crippen LogP contribution in [0.3, 0.4) is 0 Å². The monoisotopic (exact) mass is 268 g/mol. The zero-order valence-electron chi connectivity index (χ0n) is 10.9. The molecule has 2 N–H and O–H groups in total. The van der Waals surface area contributed by atoms with E-state index >= 15 is 0 Å². The Morgan fingerprint density at radius 3 is 2.63 bits per heavy atom. The fraction of sp³-hybridized carbons (Fsp3) is 0.500. The standard InChI is InChI=1S/C14H18F2N2O/c1-14(3-5-17-9-14)13(19)18-4-2-10-6-11(15)8-12(16)7-10/h6-8,17H,2-5,9H2,1H3,(H,18,19). The molecule has 0 bridgehead atoms. The van der Waals surface area contributed by atoms with Gasteiger partial charge in [-0.15, -0.1) is 0 Å². The lowest BCUT2D eigenvalue weighted by Gasteiger charge is -2.21. The Bertz CT molecular complexity index is 450. The van der Waals surface area contributed by atoms with Gasteiger partial charge < -0.3 is 10.6 Å². The molecule has 0 saturated carbocycles. The van der Waals surface area contributed by atoms with Crippen LogP contribution < -0.4 is 10.6 Å². The second kappa shape index (κ2) is 5.65. The van der Waals surface area contributed by atoms with Crippen molar-refractivity contribution < 1.29 is 13.6 Å². The summed E-state index contributed by atoms with van der Waals surface area (Å²) < 4.78 is 26.0. The minimum Gasteiger partial charge on any atom is -0.355 e. The van der Waals surface area contributed by atoms with Crippen LogP contribution in [0, 0.1) is 17.0 Å². The van der Waals surface area contributed by atoms with Crippen LogP contribution in [-0.4, -0.2) is 25.5 Å². The van der Waals surface area contributed by atoms with Crippen molar-refractivity contribution in [3.05, 3.63) is 35.4 Å². The van der Waals surface area contributed by atoms with Crippen molar-refractivity contribution in [2.45, 2.75) is 19.8 Å². The van der Waals surface area contributed by atoms with Gasteiger partial charge in [-0.1, -0.05) is 0 Å². The third-order valence-electron chi connectivity index (χ3n) is 3.54. The fourth-order valence-electron chi connectivity index (χ4n) is 2.30. The van der Waals surface area contributed by atoms with Gasteiger partial charge in [0.25, 0.3) is 0 Å². The zero-order chi connectivity index (χ0) is 13.9. The number of nitrogens with one attached hydrogen (secondary N) is 2. The van der Waals surface area contributed by atoms with E-state index in [1.807, 2.05) is 6.92 Å². The molecule has 3 nitrogen and oxygen atoms in total. The van der Waals surface area contributed by atoms with E-state index in [4.69, 9.17) is 0 Å². The third-order valence-corrected chi connectivity index (χ3v) is 3.54.